The van der Waals surface area contributed by atoms with E-state index >= 15 is 0 Å². The van der Waals surface area contributed by atoms with Crippen LogP contribution in [0.15, 0.2) is 16.4 Å². The first-order chi connectivity index (χ1) is 12.0. The molecule has 2 N–H and O–H groups in total. The predicted molar refractivity (Wildman–Crippen MR) is 91.8 cm³/mol. The third-order valence-electron chi connectivity index (χ3n) is 4.47. The first kappa shape index (κ1) is 17.8. The van der Waals surface area contributed by atoms with Crippen LogP contribution in [0, 0.1) is 0 Å². The second-order valence-corrected chi connectivity index (χ2v) is 7.44. The molecule has 2 amide bonds. The molecule has 2 heterocycles. The van der Waals surface area contributed by atoms with Gasteiger partial charge in [0, 0.05) is 5.75 Å². The number of thioether (sulfide) groups is 1. The molecule has 0 spiro atoms. The van der Waals surface area contributed by atoms with Crippen LogP contribution >= 0.6 is 11.8 Å². The van der Waals surface area contributed by atoms with E-state index in [1.54, 1.807) is 6.92 Å². The van der Waals surface area contributed by atoms with Gasteiger partial charge in [-0.15, -0.1) is 11.8 Å². The van der Waals surface area contributed by atoms with E-state index in [1.165, 1.54) is 16.7 Å². The van der Waals surface area contributed by atoms with Gasteiger partial charge >= 0.3 is 5.97 Å². The Morgan fingerprint density at radius 1 is 1.40 bits per heavy atom. The molecule has 0 aromatic carbocycles. The average Bonchev–Trinajstić information content (AvgIpc) is 3.09. The number of nitrogens with one attached hydrogen (secondary N) is 1. The minimum Gasteiger partial charge on any atom is -0.477 e. The molecule has 9 heteroatoms. The van der Waals surface area contributed by atoms with E-state index in [9.17, 15) is 19.5 Å². The van der Waals surface area contributed by atoms with Gasteiger partial charge in [-0.05, 0) is 38.2 Å². The number of carbonyl (C=O) groups excluding carboxylic acids is 2. The van der Waals surface area contributed by atoms with Gasteiger partial charge in [0.15, 0.2) is 0 Å². The highest BCUT2D eigenvalue weighted by Gasteiger charge is 2.53. The Balaban J connectivity index is 1.48. The number of amides is 2. The molecule has 2 aliphatic heterocycles. The summed E-state index contributed by atoms with van der Waals surface area (Å²) in [6.07, 6.45) is 4.29. The molecule has 0 aromatic heterocycles. The van der Waals surface area contributed by atoms with Gasteiger partial charge in [0.2, 0.25) is 5.91 Å². The molecular formula is C16H21N3O5S. The van der Waals surface area contributed by atoms with Crippen molar-refractivity contribution in [3.63, 3.8) is 0 Å². The number of carbonyl (C=O) groups is 3. The fourth-order valence-electron chi connectivity index (χ4n) is 3.17. The maximum absolute atomic E-state index is 12.2. The zero-order valence-corrected chi connectivity index (χ0v) is 14.8. The number of aliphatic carboxylic acids is 1. The average molecular weight is 367 g/mol. The molecule has 25 heavy (non-hydrogen) atoms. The highest BCUT2D eigenvalue weighted by molar-refractivity contribution is 8.00. The summed E-state index contributed by atoms with van der Waals surface area (Å²) in [5.41, 5.74) is 1.73. The van der Waals surface area contributed by atoms with Crippen molar-refractivity contribution in [2.75, 3.05) is 12.4 Å². The lowest BCUT2D eigenvalue weighted by atomic mass is 10.0. The lowest BCUT2D eigenvalue weighted by Crippen LogP contribution is -2.70. The van der Waals surface area contributed by atoms with Crippen molar-refractivity contribution in [3.8, 4) is 0 Å². The van der Waals surface area contributed by atoms with Crippen LogP contribution in [-0.4, -0.2) is 57.3 Å². The van der Waals surface area contributed by atoms with Gasteiger partial charge in [0.25, 0.3) is 5.91 Å². The van der Waals surface area contributed by atoms with E-state index in [-0.39, 0.29) is 35.9 Å². The fraction of sp³-hybridized carbons (Fsp3) is 0.625. The molecule has 1 saturated carbocycles. The van der Waals surface area contributed by atoms with Gasteiger partial charge in [-0.25, -0.2) is 4.79 Å². The fourth-order valence-corrected chi connectivity index (χ4v) is 4.46. The molecule has 2 unspecified atom stereocenters. The van der Waals surface area contributed by atoms with Crippen molar-refractivity contribution in [2.24, 2.45) is 5.16 Å². The number of carboxylic acid groups (broad SMARTS) is 1. The smallest absolute Gasteiger partial charge is 0.352 e. The summed E-state index contributed by atoms with van der Waals surface area (Å²) >= 11 is 1.46. The summed E-state index contributed by atoms with van der Waals surface area (Å²) in [6.45, 7) is 1.87. The van der Waals surface area contributed by atoms with Crippen molar-refractivity contribution in [3.05, 3.63) is 11.3 Å². The lowest BCUT2D eigenvalue weighted by Gasteiger charge is -2.49. The zero-order chi connectivity index (χ0) is 18.0. The van der Waals surface area contributed by atoms with E-state index in [1.807, 2.05) is 0 Å². The molecule has 0 aromatic rings. The van der Waals surface area contributed by atoms with Crippen LogP contribution in [0.25, 0.3) is 0 Å². The maximum atomic E-state index is 12.2. The topological polar surface area (TPSA) is 108 Å². The van der Waals surface area contributed by atoms with Gasteiger partial charge in [-0.1, -0.05) is 5.16 Å². The number of hydrogen-bond donors (Lipinski definition) is 2. The first-order valence-electron chi connectivity index (χ1n) is 8.34. The molecule has 3 aliphatic rings. The minimum absolute atomic E-state index is 0.0370. The highest BCUT2D eigenvalue weighted by Crippen LogP contribution is 2.40. The Bertz CT molecular complexity index is 652. The lowest BCUT2D eigenvalue weighted by molar-refractivity contribution is -0.150. The molecule has 1 aliphatic carbocycles. The SMILES string of the molecule is CC1=C(C(=O)O)N2C(=O)C(NC(=O)CCON=C3CCCC3)C2SC1. The van der Waals surface area contributed by atoms with Gasteiger partial charge in [-0.3, -0.25) is 14.5 Å². The monoisotopic (exact) mass is 367 g/mol. The van der Waals surface area contributed by atoms with Gasteiger partial charge in [-0.2, -0.15) is 0 Å². The van der Waals surface area contributed by atoms with Crippen LogP contribution in [0.5, 0.6) is 0 Å². The highest BCUT2D eigenvalue weighted by atomic mass is 32.2. The van der Waals surface area contributed by atoms with Crippen molar-refractivity contribution < 1.29 is 24.3 Å². The molecule has 136 valence electrons. The Hall–Kier alpha value is -2.03. The van der Waals surface area contributed by atoms with Crippen molar-refractivity contribution in [1.82, 2.24) is 10.2 Å². The normalized spacial score (nSPS) is 25.4. The van der Waals surface area contributed by atoms with E-state index in [2.05, 4.69) is 10.5 Å². The summed E-state index contributed by atoms with van der Waals surface area (Å²) in [7, 11) is 0. The van der Waals surface area contributed by atoms with Crippen LogP contribution in [0.1, 0.15) is 39.0 Å². The van der Waals surface area contributed by atoms with Crippen LogP contribution in [-0.2, 0) is 19.2 Å². The predicted octanol–water partition coefficient (Wildman–Crippen LogP) is 1.08. The Kier molecular flexibility index (Phi) is 5.31. The second kappa shape index (κ2) is 7.47. The number of β-lactam (4-membered cyclic amide) rings is 1. The summed E-state index contributed by atoms with van der Waals surface area (Å²) in [5, 5.41) is 15.6. The summed E-state index contributed by atoms with van der Waals surface area (Å²) in [6, 6.07) is -0.680. The van der Waals surface area contributed by atoms with Crippen LogP contribution in [0.2, 0.25) is 0 Å². The summed E-state index contributed by atoms with van der Waals surface area (Å²) in [4.78, 5) is 42.0. The van der Waals surface area contributed by atoms with Crippen molar-refractivity contribution in [2.45, 2.75) is 50.4 Å². The van der Waals surface area contributed by atoms with Gasteiger partial charge in [0.1, 0.15) is 23.7 Å². The molecular weight excluding hydrogens is 346 g/mol. The largest absolute Gasteiger partial charge is 0.477 e. The van der Waals surface area contributed by atoms with E-state index < -0.39 is 12.0 Å². The number of hydrogen-bond acceptors (Lipinski definition) is 6. The van der Waals surface area contributed by atoms with Gasteiger partial charge in [0.05, 0.1) is 12.1 Å². The van der Waals surface area contributed by atoms with Crippen molar-refractivity contribution >= 4 is 35.3 Å². The molecule has 0 radical (unpaired) electrons. The third kappa shape index (κ3) is 3.65. The number of rotatable bonds is 6. The molecule has 0 bridgehead atoms. The molecule has 3 rings (SSSR count). The number of carboxylic acids is 1. The first-order valence-corrected chi connectivity index (χ1v) is 9.38. The Morgan fingerprint density at radius 3 is 2.80 bits per heavy atom. The zero-order valence-electron chi connectivity index (χ0n) is 14.0. The summed E-state index contributed by atoms with van der Waals surface area (Å²) in [5.74, 6) is -1.26. The van der Waals surface area contributed by atoms with E-state index in [4.69, 9.17) is 4.84 Å². The van der Waals surface area contributed by atoms with Gasteiger partial charge < -0.3 is 15.3 Å². The quantitative estimate of drug-likeness (QED) is 0.413. The number of nitrogens with zero attached hydrogens (tertiary/aromatic N) is 2. The van der Waals surface area contributed by atoms with Crippen LogP contribution < -0.4 is 5.32 Å². The third-order valence-corrected chi connectivity index (χ3v) is 5.90. The Morgan fingerprint density at radius 2 is 2.12 bits per heavy atom. The van der Waals surface area contributed by atoms with E-state index in [0.29, 0.717) is 11.3 Å². The van der Waals surface area contributed by atoms with E-state index in [0.717, 1.165) is 31.4 Å². The molecule has 1 saturated heterocycles. The Labute approximate surface area is 149 Å². The second-order valence-electron chi connectivity index (χ2n) is 6.34. The maximum Gasteiger partial charge on any atom is 0.352 e. The molecule has 2 atom stereocenters. The van der Waals surface area contributed by atoms with Crippen molar-refractivity contribution in [1.29, 1.82) is 0 Å². The number of fused-ring (bicyclic) bond motifs is 1. The van der Waals surface area contributed by atoms with Crippen LogP contribution in [0.3, 0.4) is 0 Å². The molecule has 2 fully saturated rings. The summed E-state index contributed by atoms with van der Waals surface area (Å²) < 4.78 is 0. The number of oxime groups is 1. The minimum atomic E-state index is -1.11. The standard InChI is InChI=1S/C16H21N3O5S/c1-9-8-25-15-12(14(21)19(15)13(9)16(22)23)17-11(20)6-7-24-18-10-4-2-3-5-10/h12,15H,2-8H2,1H3,(H,17,20)(H,22,23). The van der Waals surface area contributed by atoms with Crippen LogP contribution in [0.4, 0.5) is 0 Å². The molecule has 8 nitrogen and oxygen atoms in total.